The minimum atomic E-state index is -0.417. The molecule has 4 rings (SSSR count). The first-order chi connectivity index (χ1) is 13.9. The number of nitrogens with zero attached hydrogens (tertiary/aromatic N) is 1. The summed E-state index contributed by atoms with van der Waals surface area (Å²) in [6.45, 7) is 6.95. The zero-order valence-corrected chi connectivity index (χ0v) is 17.2. The van der Waals surface area contributed by atoms with Crippen molar-refractivity contribution in [3.05, 3.63) is 53.1 Å². The van der Waals surface area contributed by atoms with Gasteiger partial charge in [-0.15, -0.1) is 0 Å². The smallest absolute Gasteiger partial charge is 0.336 e. The first-order valence-electron chi connectivity index (χ1n) is 10.3. The minimum Gasteiger partial charge on any atom is -0.460 e. The van der Waals surface area contributed by atoms with Crippen LogP contribution < -0.4 is 5.32 Å². The molecule has 1 aromatic rings. The summed E-state index contributed by atoms with van der Waals surface area (Å²) < 4.78 is 11.2. The fourth-order valence-corrected chi connectivity index (χ4v) is 4.69. The lowest BCUT2D eigenvalue weighted by Gasteiger charge is -2.41. The van der Waals surface area contributed by atoms with Gasteiger partial charge in [0.2, 0.25) is 0 Å². The Morgan fingerprint density at radius 1 is 1.31 bits per heavy atom. The number of fused-ring (bicyclic) bond motifs is 1. The molecule has 0 saturated carbocycles. The van der Waals surface area contributed by atoms with Crippen molar-refractivity contribution in [1.29, 1.82) is 0 Å². The Morgan fingerprint density at radius 3 is 2.76 bits per heavy atom. The second-order valence-corrected chi connectivity index (χ2v) is 8.86. The number of hydrogen-bond acceptors (Lipinski definition) is 6. The molecule has 3 atom stereocenters. The van der Waals surface area contributed by atoms with Crippen molar-refractivity contribution in [2.24, 2.45) is 11.3 Å². The van der Waals surface area contributed by atoms with Crippen molar-refractivity contribution in [2.75, 3.05) is 13.2 Å². The number of ketones is 1. The summed E-state index contributed by atoms with van der Waals surface area (Å²) in [5.41, 5.74) is 2.81. The molecule has 0 radical (unpaired) electrons. The first-order valence-corrected chi connectivity index (χ1v) is 10.3. The molecule has 0 amide bonds. The van der Waals surface area contributed by atoms with E-state index in [1.54, 1.807) is 12.4 Å². The maximum absolute atomic E-state index is 13.2. The lowest BCUT2D eigenvalue weighted by molar-refractivity contribution is -0.143. The van der Waals surface area contributed by atoms with Gasteiger partial charge in [-0.25, -0.2) is 4.79 Å². The number of carbonyl (C=O) groups excluding carboxylic acids is 2. The topological polar surface area (TPSA) is 77.5 Å². The Balaban J connectivity index is 1.71. The molecule has 1 aliphatic carbocycles. The van der Waals surface area contributed by atoms with Gasteiger partial charge < -0.3 is 14.8 Å². The molecule has 1 N–H and O–H groups in total. The predicted octanol–water partition coefficient (Wildman–Crippen LogP) is 3.26. The Morgan fingerprint density at radius 2 is 2.07 bits per heavy atom. The molecule has 3 aliphatic rings. The van der Waals surface area contributed by atoms with Gasteiger partial charge in [0.1, 0.15) is 12.4 Å². The van der Waals surface area contributed by atoms with E-state index in [1.807, 2.05) is 19.1 Å². The standard InChI is InChI=1S/C23H28N2O4/c1-14-19(22(27)29-13-16-5-4-10-28-16)20(15-6-8-24-9-7-15)21-17(25-14)11-23(2,3)12-18(21)26/h6-9,11,16,20-21,25H,4-5,10,12-13H2,1-3H3. The molecular formula is C23H28N2O4. The summed E-state index contributed by atoms with van der Waals surface area (Å²) >= 11 is 0. The van der Waals surface area contributed by atoms with Crippen molar-refractivity contribution in [1.82, 2.24) is 10.3 Å². The van der Waals surface area contributed by atoms with Crippen LogP contribution in [0.5, 0.6) is 0 Å². The quantitative estimate of drug-likeness (QED) is 0.787. The Labute approximate surface area is 171 Å². The van der Waals surface area contributed by atoms with Gasteiger partial charge in [-0.1, -0.05) is 19.9 Å². The normalized spacial score (nSPS) is 28.4. The molecule has 6 nitrogen and oxygen atoms in total. The maximum Gasteiger partial charge on any atom is 0.336 e. The van der Waals surface area contributed by atoms with Crippen molar-refractivity contribution < 1.29 is 19.1 Å². The van der Waals surface area contributed by atoms with E-state index in [4.69, 9.17) is 9.47 Å². The van der Waals surface area contributed by atoms with Gasteiger partial charge in [-0.2, -0.15) is 0 Å². The van der Waals surface area contributed by atoms with E-state index in [9.17, 15) is 9.59 Å². The molecule has 0 aromatic carbocycles. The van der Waals surface area contributed by atoms with Crippen LogP contribution in [0, 0.1) is 11.3 Å². The third kappa shape index (κ3) is 3.99. The summed E-state index contributed by atoms with van der Waals surface area (Å²) in [7, 11) is 0. The van der Waals surface area contributed by atoms with Gasteiger partial charge in [0.05, 0.1) is 17.6 Å². The van der Waals surface area contributed by atoms with Gasteiger partial charge >= 0.3 is 5.97 Å². The molecule has 0 bridgehead atoms. The van der Waals surface area contributed by atoms with Crippen LogP contribution in [-0.4, -0.2) is 36.1 Å². The highest BCUT2D eigenvalue weighted by Gasteiger charge is 2.46. The number of carbonyl (C=O) groups is 2. The Bertz CT molecular complexity index is 866. The highest BCUT2D eigenvalue weighted by atomic mass is 16.6. The predicted molar refractivity (Wildman–Crippen MR) is 108 cm³/mol. The van der Waals surface area contributed by atoms with Gasteiger partial charge in [0, 0.05) is 42.7 Å². The summed E-state index contributed by atoms with van der Waals surface area (Å²) in [6.07, 6.45) is 7.83. The fourth-order valence-electron chi connectivity index (χ4n) is 4.69. The molecule has 1 saturated heterocycles. The minimum absolute atomic E-state index is 0.0386. The molecule has 1 aromatic heterocycles. The number of hydrogen-bond donors (Lipinski definition) is 1. The second kappa shape index (κ2) is 7.75. The molecule has 3 heterocycles. The average Bonchev–Trinajstić information content (AvgIpc) is 3.18. The van der Waals surface area contributed by atoms with E-state index in [-0.39, 0.29) is 35.8 Å². The number of nitrogens with one attached hydrogen (secondary N) is 1. The van der Waals surface area contributed by atoms with Gasteiger partial charge in [0.15, 0.2) is 0 Å². The lowest BCUT2D eigenvalue weighted by atomic mass is 9.66. The summed E-state index contributed by atoms with van der Waals surface area (Å²) in [6, 6.07) is 3.75. The third-order valence-corrected chi connectivity index (χ3v) is 5.95. The molecule has 6 heteroatoms. The molecular weight excluding hydrogens is 368 g/mol. The van der Waals surface area contributed by atoms with Gasteiger partial charge in [0.25, 0.3) is 0 Å². The van der Waals surface area contributed by atoms with E-state index in [0.717, 1.165) is 29.8 Å². The zero-order chi connectivity index (χ0) is 20.6. The number of esters is 1. The van der Waals surface area contributed by atoms with Crippen molar-refractivity contribution in [2.45, 2.75) is 52.1 Å². The van der Waals surface area contributed by atoms with E-state index in [0.29, 0.717) is 18.6 Å². The van der Waals surface area contributed by atoms with Crippen molar-refractivity contribution in [3.8, 4) is 0 Å². The Hall–Kier alpha value is -2.47. The van der Waals surface area contributed by atoms with Crippen LogP contribution in [0.4, 0.5) is 0 Å². The van der Waals surface area contributed by atoms with E-state index >= 15 is 0 Å². The van der Waals surface area contributed by atoms with Crippen molar-refractivity contribution in [3.63, 3.8) is 0 Å². The zero-order valence-electron chi connectivity index (χ0n) is 17.2. The monoisotopic (exact) mass is 396 g/mol. The lowest BCUT2D eigenvalue weighted by Crippen LogP contribution is -2.43. The highest BCUT2D eigenvalue weighted by Crippen LogP contribution is 2.46. The molecule has 3 unspecified atom stereocenters. The van der Waals surface area contributed by atoms with E-state index in [2.05, 4.69) is 30.2 Å². The first kappa shape index (κ1) is 19.8. The van der Waals surface area contributed by atoms with Crippen LogP contribution in [0.25, 0.3) is 0 Å². The van der Waals surface area contributed by atoms with E-state index < -0.39 is 5.92 Å². The molecule has 2 aliphatic heterocycles. The number of Topliss-reactive ketones (excluding diaryl/α,β-unsaturated/α-hetero) is 1. The Kier molecular flexibility index (Phi) is 5.30. The highest BCUT2D eigenvalue weighted by molar-refractivity contribution is 5.96. The van der Waals surface area contributed by atoms with Crippen LogP contribution in [-0.2, 0) is 19.1 Å². The average molecular weight is 396 g/mol. The SMILES string of the molecule is CC1=C(C(=O)OCC2CCCO2)C(c2ccncc2)C2C(=O)CC(C)(C)C=C2N1. The van der Waals surface area contributed by atoms with Crippen LogP contribution in [0.1, 0.15) is 51.5 Å². The van der Waals surface area contributed by atoms with Crippen LogP contribution in [0.3, 0.4) is 0 Å². The number of aromatic nitrogens is 1. The van der Waals surface area contributed by atoms with Crippen LogP contribution >= 0.6 is 0 Å². The maximum atomic E-state index is 13.2. The number of pyridine rings is 1. The van der Waals surface area contributed by atoms with Crippen LogP contribution in [0.2, 0.25) is 0 Å². The largest absolute Gasteiger partial charge is 0.460 e. The van der Waals surface area contributed by atoms with Crippen LogP contribution in [0.15, 0.2) is 47.6 Å². The number of rotatable bonds is 4. The van der Waals surface area contributed by atoms with Crippen molar-refractivity contribution >= 4 is 11.8 Å². The number of ether oxygens (including phenoxy) is 2. The van der Waals surface area contributed by atoms with Gasteiger partial charge in [-0.3, -0.25) is 9.78 Å². The summed E-state index contributed by atoms with van der Waals surface area (Å²) in [4.78, 5) is 30.4. The molecule has 154 valence electrons. The molecule has 29 heavy (non-hydrogen) atoms. The molecule has 0 spiro atoms. The summed E-state index contributed by atoms with van der Waals surface area (Å²) in [5, 5.41) is 3.34. The molecule has 1 fully saturated rings. The third-order valence-electron chi connectivity index (χ3n) is 5.95. The van der Waals surface area contributed by atoms with E-state index in [1.165, 1.54) is 0 Å². The second-order valence-electron chi connectivity index (χ2n) is 8.86. The number of allylic oxidation sites excluding steroid dienone is 3. The fraction of sp³-hybridized carbons (Fsp3) is 0.522. The van der Waals surface area contributed by atoms with Gasteiger partial charge in [-0.05, 0) is 42.9 Å². The summed E-state index contributed by atoms with van der Waals surface area (Å²) in [5.74, 6) is -1.05.